The molecule has 1 aliphatic carbocycles. The minimum Gasteiger partial charge on any atom is -0.380 e. The third-order valence-electron chi connectivity index (χ3n) is 5.09. The number of nitrogens with one attached hydrogen (secondary N) is 1. The van der Waals surface area contributed by atoms with Crippen LogP contribution >= 0.6 is 0 Å². The lowest BCUT2D eigenvalue weighted by Crippen LogP contribution is -2.52. The molecule has 4 nitrogen and oxygen atoms in total. The second-order valence-electron chi connectivity index (χ2n) is 6.85. The second kappa shape index (κ2) is 8.46. The van der Waals surface area contributed by atoms with Gasteiger partial charge in [-0.05, 0) is 44.6 Å². The highest BCUT2D eigenvalue weighted by atomic mass is 16.5. The van der Waals surface area contributed by atoms with Gasteiger partial charge in [-0.25, -0.2) is 0 Å². The summed E-state index contributed by atoms with van der Waals surface area (Å²) in [6, 6.07) is 7.65. The summed E-state index contributed by atoms with van der Waals surface area (Å²) in [5.41, 5.74) is 1.90. The molecule has 1 N–H and O–H groups in total. The number of hydrogen-bond acceptors (Lipinski definition) is 3. The quantitative estimate of drug-likeness (QED) is 0.819. The van der Waals surface area contributed by atoms with Crippen LogP contribution in [0.1, 0.15) is 54.4 Å². The third-order valence-corrected chi connectivity index (χ3v) is 5.09. The van der Waals surface area contributed by atoms with Gasteiger partial charge in [-0.15, -0.1) is 0 Å². The molecule has 23 heavy (non-hydrogen) atoms. The number of ether oxygens (including phenoxy) is 1. The Morgan fingerprint density at radius 3 is 2.26 bits per heavy atom. The van der Waals surface area contributed by atoms with E-state index in [4.69, 9.17) is 4.74 Å². The van der Waals surface area contributed by atoms with E-state index in [0.717, 1.165) is 24.9 Å². The van der Waals surface area contributed by atoms with Gasteiger partial charge in [0.25, 0.3) is 5.91 Å². The minimum absolute atomic E-state index is 0.0134. The molecule has 1 aromatic rings. The number of benzene rings is 1. The lowest BCUT2D eigenvalue weighted by Gasteiger charge is -2.39. The van der Waals surface area contributed by atoms with Crippen LogP contribution in [0.3, 0.4) is 0 Å². The number of carbonyl (C=O) groups excluding carboxylic acids is 1. The number of rotatable bonds is 6. The highest BCUT2D eigenvalue weighted by molar-refractivity contribution is 5.94. The van der Waals surface area contributed by atoms with Gasteiger partial charge < -0.3 is 15.0 Å². The summed E-state index contributed by atoms with van der Waals surface area (Å²) >= 11 is 0. The van der Waals surface area contributed by atoms with Crippen molar-refractivity contribution in [2.45, 2.75) is 50.7 Å². The first-order valence-electron chi connectivity index (χ1n) is 8.61. The topological polar surface area (TPSA) is 41.6 Å². The summed E-state index contributed by atoms with van der Waals surface area (Å²) in [6.45, 7) is 1.30. The molecular weight excluding hydrogens is 288 g/mol. The number of likely N-dealkylation sites (N-methyl/N-ethyl adjacent to an activating group) is 1. The monoisotopic (exact) mass is 318 g/mol. The second-order valence-corrected chi connectivity index (χ2v) is 6.85. The van der Waals surface area contributed by atoms with Crippen molar-refractivity contribution in [2.75, 3.05) is 27.7 Å². The third kappa shape index (κ3) is 4.79. The van der Waals surface area contributed by atoms with Crippen molar-refractivity contribution in [1.29, 1.82) is 0 Å². The number of carbonyl (C=O) groups is 1. The van der Waals surface area contributed by atoms with Crippen LogP contribution < -0.4 is 5.32 Å². The molecule has 128 valence electrons. The number of methoxy groups -OCH3 is 1. The Morgan fingerprint density at radius 1 is 1.13 bits per heavy atom. The zero-order chi connectivity index (χ0) is 16.7. The zero-order valence-corrected chi connectivity index (χ0v) is 14.7. The van der Waals surface area contributed by atoms with E-state index in [1.807, 2.05) is 24.3 Å². The molecule has 4 heteroatoms. The van der Waals surface area contributed by atoms with Gasteiger partial charge in [0.1, 0.15) is 0 Å². The van der Waals surface area contributed by atoms with Crippen molar-refractivity contribution in [3.05, 3.63) is 35.4 Å². The fraction of sp³-hybridized carbons (Fsp3) is 0.632. The van der Waals surface area contributed by atoms with E-state index in [2.05, 4.69) is 24.3 Å². The van der Waals surface area contributed by atoms with Gasteiger partial charge >= 0.3 is 0 Å². The molecule has 2 rings (SSSR count). The summed E-state index contributed by atoms with van der Waals surface area (Å²) in [5, 5.41) is 3.16. The lowest BCUT2D eigenvalue weighted by molar-refractivity contribution is 0.0869. The molecule has 1 aliphatic rings. The van der Waals surface area contributed by atoms with E-state index < -0.39 is 0 Å². The Morgan fingerprint density at radius 2 is 1.74 bits per heavy atom. The van der Waals surface area contributed by atoms with E-state index in [1.54, 1.807) is 7.11 Å². The molecule has 0 unspecified atom stereocenters. The first-order valence-corrected chi connectivity index (χ1v) is 8.61. The summed E-state index contributed by atoms with van der Waals surface area (Å²) in [6.07, 6.45) is 7.44. The Bertz CT molecular complexity index is 489. The number of hydrogen-bond donors (Lipinski definition) is 1. The highest BCUT2D eigenvalue weighted by Crippen LogP contribution is 2.30. The van der Waals surface area contributed by atoms with Gasteiger partial charge in [0, 0.05) is 24.8 Å². The van der Waals surface area contributed by atoms with E-state index in [1.165, 1.54) is 25.7 Å². The number of amides is 1. The molecule has 0 saturated heterocycles. The fourth-order valence-electron chi connectivity index (χ4n) is 3.43. The molecular formula is C19H30N2O2. The lowest BCUT2D eigenvalue weighted by atomic mass is 9.88. The maximum Gasteiger partial charge on any atom is 0.251 e. The normalized spacial score (nSPS) is 17.7. The molecule has 1 aromatic carbocycles. The molecule has 0 radical (unpaired) electrons. The van der Waals surface area contributed by atoms with Crippen molar-refractivity contribution in [3.8, 4) is 0 Å². The summed E-state index contributed by atoms with van der Waals surface area (Å²) < 4.78 is 5.10. The van der Waals surface area contributed by atoms with Crippen LogP contribution in [0.15, 0.2) is 24.3 Å². The first kappa shape index (κ1) is 18.0. The van der Waals surface area contributed by atoms with Crippen LogP contribution in [0.25, 0.3) is 0 Å². The molecule has 0 heterocycles. The van der Waals surface area contributed by atoms with Crippen LogP contribution in [0.2, 0.25) is 0 Å². The summed E-state index contributed by atoms with van der Waals surface area (Å²) in [4.78, 5) is 14.8. The van der Waals surface area contributed by atoms with Crippen LogP contribution in [0, 0.1) is 0 Å². The molecule has 0 aliphatic heterocycles. The van der Waals surface area contributed by atoms with Crippen molar-refractivity contribution in [1.82, 2.24) is 10.2 Å². The van der Waals surface area contributed by atoms with Crippen LogP contribution in [0.4, 0.5) is 0 Å². The largest absolute Gasteiger partial charge is 0.380 e. The maximum atomic E-state index is 12.4. The Kier molecular flexibility index (Phi) is 6.60. The van der Waals surface area contributed by atoms with Crippen molar-refractivity contribution in [3.63, 3.8) is 0 Å². The first-order chi connectivity index (χ1) is 11.1. The smallest absolute Gasteiger partial charge is 0.251 e. The molecule has 1 saturated carbocycles. The Hall–Kier alpha value is -1.39. The van der Waals surface area contributed by atoms with Crippen LogP contribution in [-0.2, 0) is 11.3 Å². The van der Waals surface area contributed by atoms with Gasteiger partial charge in [-0.3, -0.25) is 4.79 Å². The van der Waals surface area contributed by atoms with Gasteiger partial charge in [0.2, 0.25) is 0 Å². The Labute approximate surface area is 140 Å². The van der Waals surface area contributed by atoms with Gasteiger partial charge in [-0.2, -0.15) is 0 Å². The predicted octanol–water partition coefficient (Wildman–Crippen LogP) is 3.22. The number of nitrogens with zero attached hydrogens (tertiary/aromatic N) is 1. The van der Waals surface area contributed by atoms with E-state index in [9.17, 15) is 4.79 Å². The van der Waals surface area contributed by atoms with Gasteiger partial charge in [0.05, 0.1) is 6.61 Å². The van der Waals surface area contributed by atoms with Crippen LogP contribution in [0.5, 0.6) is 0 Å². The van der Waals surface area contributed by atoms with Crippen molar-refractivity contribution in [2.24, 2.45) is 0 Å². The van der Waals surface area contributed by atoms with E-state index in [-0.39, 0.29) is 11.4 Å². The molecule has 1 amide bonds. The average molecular weight is 318 g/mol. The van der Waals surface area contributed by atoms with Crippen molar-refractivity contribution < 1.29 is 9.53 Å². The summed E-state index contributed by atoms with van der Waals surface area (Å²) in [5.74, 6) is 0.0134. The molecule has 0 spiro atoms. The molecule has 0 aromatic heterocycles. The Balaban J connectivity index is 1.98. The maximum absolute atomic E-state index is 12.4. The average Bonchev–Trinajstić information content (AvgIpc) is 2.80. The van der Waals surface area contributed by atoms with E-state index >= 15 is 0 Å². The minimum atomic E-state index is 0.0134. The molecule has 0 atom stereocenters. The standard InChI is InChI=1S/C19H30N2O2/c1-21(2)19(12-6-4-5-7-13-19)15-20-18(22)17-10-8-16(9-11-17)14-23-3/h8-11H,4-7,12-15H2,1-3H3,(H,20,22). The van der Waals surface area contributed by atoms with Crippen LogP contribution in [-0.4, -0.2) is 44.1 Å². The van der Waals surface area contributed by atoms with Gasteiger partial charge in [0.15, 0.2) is 0 Å². The fourth-order valence-corrected chi connectivity index (χ4v) is 3.43. The SMILES string of the molecule is COCc1ccc(C(=O)NCC2(N(C)C)CCCCCC2)cc1. The van der Waals surface area contributed by atoms with E-state index in [0.29, 0.717) is 12.2 Å². The predicted molar refractivity (Wildman–Crippen MR) is 93.6 cm³/mol. The molecule has 0 bridgehead atoms. The highest BCUT2D eigenvalue weighted by Gasteiger charge is 2.33. The van der Waals surface area contributed by atoms with Crippen molar-refractivity contribution >= 4 is 5.91 Å². The van der Waals surface area contributed by atoms with Gasteiger partial charge in [-0.1, -0.05) is 37.8 Å². The summed E-state index contributed by atoms with van der Waals surface area (Å²) in [7, 11) is 5.95. The molecule has 1 fully saturated rings. The zero-order valence-electron chi connectivity index (χ0n) is 14.7.